The van der Waals surface area contributed by atoms with E-state index in [-0.39, 0.29) is 17.9 Å². The third-order valence-electron chi connectivity index (χ3n) is 5.88. The van der Waals surface area contributed by atoms with Crippen LogP contribution in [-0.4, -0.2) is 68.2 Å². The normalized spacial score (nSPS) is 22.4. The highest BCUT2D eigenvalue weighted by Crippen LogP contribution is 2.38. The summed E-state index contributed by atoms with van der Waals surface area (Å²) in [6, 6.07) is 5.50. The average Bonchev–Trinajstić information content (AvgIpc) is 3.21. The number of piperidine rings is 1. The number of esters is 1. The predicted molar refractivity (Wildman–Crippen MR) is 109 cm³/mol. The molecule has 0 N–H and O–H groups in total. The largest absolute Gasteiger partial charge is 0.497 e. The minimum Gasteiger partial charge on any atom is -0.497 e. The van der Waals surface area contributed by atoms with Crippen molar-refractivity contribution >= 4 is 11.9 Å². The molecular formula is C22H32N2O5. The maximum Gasteiger partial charge on any atom is 0.328 e. The highest BCUT2D eigenvalue weighted by atomic mass is 16.5. The number of benzene rings is 1. The van der Waals surface area contributed by atoms with Gasteiger partial charge in [-0.3, -0.25) is 9.69 Å². The highest BCUT2D eigenvalue weighted by Gasteiger charge is 2.36. The molecule has 2 aliphatic heterocycles. The van der Waals surface area contributed by atoms with Gasteiger partial charge in [-0.25, -0.2) is 4.79 Å². The summed E-state index contributed by atoms with van der Waals surface area (Å²) in [4.78, 5) is 29.4. The molecule has 0 aliphatic carbocycles. The zero-order valence-corrected chi connectivity index (χ0v) is 17.7. The Bertz CT molecular complexity index is 723. The molecule has 3 rings (SSSR count). The van der Waals surface area contributed by atoms with Crippen molar-refractivity contribution in [3.05, 3.63) is 23.8 Å². The molecule has 2 saturated heterocycles. The first-order valence-electron chi connectivity index (χ1n) is 10.5. The van der Waals surface area contributed by atoms with Crippen molar-refractivity contribution in [2.24, 2.45) is 0 Å². The standard InChI is InChI=1S/C22H32N2O5/c1-4-29-22(26)19-8-5-6-13-24(19)21(25)15-23-12-7-9-18(23)17-11-10-16(27-2)14-20(17)28-3/h10-11,14,18-19H,4-9,12-13,15H2,1-3H3/t18-,19+/m1/s1. The van der Waals surface area contributed by atoms with Gasteiger partial charge in [-0.15, -0.1) is 0 Å². The molecule has 2 atom stereocenters. The summed E-state index contributed by atoms with van der Waals surface area (Å²) in [6.45, 7) is 3.90. The Morgan fingerprint density at radius 3 is 2.62 bits per heavy atom. The lowest BCUT2D eigenvalue weighted by Gasteiger charge is -2.36. The zero-order chi connectivity index (χ0) is 20.8. The van der Waals surface area contributed by atoms with Crippen LogP contribution in [0.5, 0.6) is 11.5 Å². The van der Waals surface area contributed by atoms with Crippen LogP contribution >= 0.6 is 0 Å². The molecule has 0 saturated carbocycles. The molecular weight excluding hydrogens is 372 g/mol. The molecule has 0 unspecified atom stereocenters. The third-order valence-corrected chi connectivity index (χ3v) is 5.88. The summed E-state index contributed by atoms with van der Waals surface area (Å²) in [5.74, 6) is 1.24. The van der Waals surface area contributed by atoms with Crippen molar-refractivity contribution in [3.8, 4) is 11.5 Å². The van der Waals surface area contributed by atoms with Gasteiger partial charge in [0.25, 0.3) is 0 Å². The lowest BCUT2D eigenvalue weighted by atomic mass is 10.0. The van der Waals surface area contributed by atoms with Crippen molar-refractivity contribution in [2.75, 3.05) is 40.5 Å². The Morgan fingerprint density at radius 1 is 1.07 bits per heavy atom. The van der Waals surface area contributed by atoms with Crippen LogP contribution in [0.4, 0.5) is 0 Å². The van der Waals surface area contributed by atoms with Gasteiger partial charge in [0.15, 0.2) is 0 Å². The van der Waals surface area contributed by atoms with Gasteiger partial charge >= 0.3 is 5.97 Å². The van der Waals surface area contributed by atoms with Crippen molar-refractivity contribution in [3.63, 3.8) is 0 Å². The van der Waals surface area contributed by atoms with Crippen LogP contribution in [0.2, 0.25) is 0 Å². The summed E-state index contributed by atoms with van der Waals surface area (Å²) in [6.07, 6.45) is 4.55. The van der Waals surface area contributed by atoms with E-state index in [0.29, 0.717) is 26.1 Å². The van der Waals surface area contributed by atoms with Gasteiger partial charge in [-0.1, -0.05) is 6.07 Å². The van der Waals surface area contributed by atoms with E-state index in [1.165, 1.54) is 0 Å². The molecule has 1 aromatic carbocycles. The summed E-state index contributed by atoms with van der Waals surface area (Å²) < 4.78 is 16.1. The monoisotopic (exact) mass is 404 g/mol. The Labute approximate surface area is 172 Å². The van der Waals surface area contributed by atoms with Crippen LogP contribution in [0.15, 0.2) is 18.2 Å². The van der Waals surface area contributed by atoms with E-state index in [1.807, 2.05) is 18.2 Å². The van der Waals surface area contributed by atoms with Crippen LogP contribution in [-0.2, 0) is 14.3 Å². The molecule has 7 heteroatoms. The van der Waals surface area contributed by atoms with Gasteiger partial charge in [-0.05, 0) is 51.6 Å². The zero-order valence-electron chi connectivity index (χ0n) is 17.7. The van der Waals surface area contributed by atoms with Gasteiger partial charge in [-0.2, -0.15) is 0 Å². The number of amides is 1. The van der Waals surface area contributed by atoms with Crippen LogP contribution in [0, 0.1) is 0 Å². The lowest BCUT2D eigenvalue weighted by Crippen LogP contribution is -2.51. The Kier molecular flexibility index (Phi) is 7.36. The second-order valence-electron chi connectivity index (χ2n) is 7.59. The fraction of sp³-hybridized carbons (Fsp3) is 0.636. The average molecular weight is 405 g/mol. The smallest absolute Gasteiger partial charge is 0.328 e. The number of likely N-dealkylation sites (tertiary alicyclic amines) is 2. The Balaban J connectivity index is 1.73. The number of carbonyl (C=O) groups is 2. The minimum atomic E-state index is -0.451. The number of methoxy groups -OCH3 is 2. The van der Waals surface area contributed by atoms with Crippen molar-refractivity contribution in [2.45, 2.75) is 51.1 Å². The SMILES string of the molecule is CCOC(=O)[C@@H]1CCCCN1C(=O)CN1CCC[C@@H]1c1ccc(OC)cc1OC. The third kappa shape index (κ3) is 4.83. The van der Waals surface area contributed by atoms with Crippen LogP contribution < -0.4 is 9.47 Å². The summed E-state index contributed by atoms with van der Waals surface area (Å²) in [5, 5.41) is 0. The maximum absolute atomic E-state index is 13.1. The molecule has 0 bridgehead atoms. The number of hydrogen-bond acceptors (Lipinski definition) is 6. The number of carbonyl (C=O) groups excluding carboxylic acids is 2. The number of ether oxygens (including phenoxy) is 3. The number of hydrogen-bond donors (Lipinski definition) is 0. The van der Waals surface area contributed by atoms with Gasteiger partial charge < -0.3 is 19.1 Å². The molecule has 2 aliphatic rings. The predicted octanol–water partition coefficient (Wildman–Crippen LogP) is 2.78. The van der Waals surface area contributed by atoms with Crippen LogP contribution in [0.3, 0.4) is 0 Å². The van der Waals surface area contributed by atoms with E-state index in [1.54, 1.807) is 26.0 Å². The molecule has 2 heterocycles. The van der Waals surface area contributed by atoms with Gasteiger partial charge in [0, 0.05) is 24.2 Å². The second kappa shape index (κ2) is 9.96. The first-order valence-corrected chi connectivity index (χ1v) is 10.5. The molecule has 7 nitrogen and oxygen atoms in total. The molecule has 0 aromatic heterocycles. The van der Waals surface area contributed by atoms with Crippen LogP contribution in [0.1, 0.15) is 50.6 Å². The van der Waals surface area contributed by atoms with E-state index in [0.717, 1.165) is 49.3 Å². The molecule has 0 radical (unpaired) electrons. The fourth-order valence-electron chi connectivity index (χ4n) is 4.44. The minimum absolute atomic E-state index is 0.00197. The van der Waals surface area contributed by atoms with Crippen molar-refractivity contribution in [1.29, 1.82) is 0 Å². The first kappa shape index (κ1) is 21.4. The molecule has 29 heavy (non-hydrogen) atoms. The quantitative estimate of drug-likeness (QED) is 0.651. The van der Waals surface area contributed by atoms with Crippen molar-refractivity contribution in [1.82, 2.24) is 9.80 Å². The van der Waals surface area contributed by atoms with E-state index >= 15 is 0 Å². The topological polar surface area (TPSA) is 68.3 Å². The van der Waals surface area contributed by atoms with Gasteiger partial charge in [0.2, 0.25) is 5.91 Å². The highest BCUT2D eigenvalue weighted by molar-refractivity contribution is 5.86. The Morgan fingerprint density at radius 2 is 1.90 bits per heavy atom. The van der Waals surface area contributed by atoms with Crippen molar-refractivity contribution < 1.29 is 23.8 Å². The van der Waals surface area contributed by atoms with E-state index in [9.17, 15) is 9.59 Å². The lowest BCUT2D eigenvalue weighted by molar-refractivity contribution is -0.157. The van der Waals surface area contributed by atoms with Gasteiger partial charge in [0.05, 0.1) is 27.4 Å². The summed E-state index contributed by atoms with van der Waals surface area (Å²) >= 11 is 0. The van der Waals surface area contributed by atoms with E-state index in [2.05, 4.69) is 4.90 Å². The molecule has 160 valence electrons. The second-order valence-corrected chi connectivity index (χ2v) is 7.59. The van der Waals surface area contributed by atoms with Crippen LogP contribution in [0.25, 0.3) is 0 Å². The van der Waals surface area contributed by atoms with E-state index < -0.39 is 6.04 Å². The van der Waals surface area contributed by atoms with E-state index in [4.69, 9.17) is 14.2 Å². The summed E-state index contributed by atoms with van der Waals surface area (Å²) in [7, 11) is 3.29. The maximum atomic E-state index is 13.1. The fourth-order valence-corrected chi connectivity index (χ4v) is 4.44. The summed E-state index contributed by atoms with van der Waals surface area (Å²) in [5.41, 5.74) is 1.07. The van der Waals surface area contributed by atoms with Gasteiger partial charge in [0.1, 0.15) is 17.5 Å². The molecule has 1 aromatic rings. The Hall–Kier alpha value is -2.28. The molecule has 1 amide bonds. The molecule has 0 spiro atoms. The molecule has 2 fully saturated rings. The number of rotatable bonds is 7. The number of nitrogens with zero attached hydrogens (tertiary/aromatic N) is 2. The first-order chi connectivity index (χ1) is 14.1.